The molecule has 0 aliphatic rings. The van der Waals surface area contributed by atoms with Gasteiger partial charge in [0.25, 0.3) is 0 Å². The number of hydrogen-bond acceptors (Lipinski definition) is 4. The number of carbonyl (C=O) groups excluding carboxylic acids is 1. The van der Waals surface area contributed by atoms with Gasteiger partial charge in [0.2, 0.25) is 5.91 Å². The quantitative estimate of drug-likeness (QED) is 0.807. The van der Waals surface area contributed by atoms with Crippen molar-refractivity contribution in [3.05, 3.63) is 47.5 Å². The second kappa shape index (κ2) is 8.72. The lowest BCUT2D eigenvalue weighted by atomic mass is 10.1. The number of amides is 1. The normalized spacial score (nSPS) is 12.1. The number of aromatic nitrogens is 3. The summed E-state index contributed by atoms with van der Waals surface area (Å²) in [6, 6.07) is 8.20. The summed E-state index contributed by atoms with van der Waals surface area (Å²) in [5.41, 5.74) is 2.55. The molecule has 2 rings (SSSR count). The van der Waals surface area contributed by atoms with Crippen LogP contribution in [-0.4, -0.2) is 26.4 Å². The Balaban J connectivity index is 1.85. The molecule has 1 N–H and O–H groups in total. The molecule has 1 aromatic heterocycles. The molecule has 6 heteroatoms. The summed E-state index contributed by atoms with van der Waals surface area (Å²) in [6.45, 7) is 6.91. The average molecular weight is 332 g/mol. The maximum absolute atomic E-state index is 12.2. The van der Waals surface area contributed by atoms with E-state index in [1.165, 1.54) is 11.1 Å². The van der Waals surface area contributed by atoms with Gasteiger partial charge in [0, 0.05) is 12.3 Å². The van der Waals surface area contributed by atoms with Crippen molar-refractivity contribution in [3.8, 4) is 0 Å². The van der Waals surface area contributed by atoms with Crippen LogP contribution >= 0.6 is 11.8 Å². The highest BCUT2D eigenvalue weighted by Gasteiger charge is 2.17. The zero-order valence-electron chi connectivity index (χ0n) is 14.0. The zero-order valence-corrected chi connectivity index (χ0v) is 14.8. The largest absolute Gasteiger partial charge is 0.345 e. The van der Waals surface area contributed by atoms with Crippen molar-refractivity contribution in [1.29, 1.82) is 0 Å². The number of rotatable bonds is 8. The molecule has 1 amide bonds. The number of hydrogen-bond donors (Lipinski definition) is 1. The first kappa shape index (κ1) is 17.5. The van der Waals surface area contributed by atoms with Gasteiger partial charge in [0.15, 0.2) is 0 Å². The van der Waals surface area contributed by atoms with Crippen LogP contribution in [0.25, 0.3) is 0 Å². The first-order valence-corrected chi connectivity index (χ1v) is 9.10. The Kier molecular flexibility index (Phi) is 6.65. The van der Waals surface area contributed by atoms with E-state index in [1.54, 1.807) is 18.1 Å². The number of nitrogens with one attached hydrogen (secondary N) is 1. The third-order valence-electron chi connectivity index (χ3n) is 3.75. The second-order valence-electron chi connectivity index (χ2n) is 5.38. The van der Waals surface area contributed by atoms with Gasteiger partial charge in [-0.1, -0.05) is 31.2 Å². The minimum absolute atomic E-state index is 0.0427. The lowest BCUT2D eigenvalue weighted by molar-refractivity contribution is -0.119. The van der Waals surface area contributed by atoms with Crippen LogP contribution < -0.4 is 5.32 Å². The third kappa shape index (κ3) is 4.82. The molecule has 0 bridgehead atoms. The number of nitrogens with zero attached hydrogens (tertiary/aromatic N) is 3. The van der Waals surface area contributed by atoms with E-state index < -0.39 is 0 Å². The van der Waals surface area contributed by atoms with Crippen LogP contribution in [-0.2, 0) is 17.1 Å². The maximum atomic E-state index is 12.2. The molecule has 0 spiro atoms. The van der Waals surface area contributed by atoms with Gasteiger partial charge in [-0.2, -0.15) is 5.10 Å². The van der Waals surface area contributed by atoms with Crippen LogP contribution in [0.3, 0.4) is 0 Å². The van der Waals surface area contributed by atoms with E-state index in [-0.39, 0.29) is 11.9 Å². The first-order chi connectivity index (χ1) is 11.2. The molecule has 0 saturated carbocycles. The number of aryl methyl sites for hydroxylation is 2. The molecule has 0 fully saturated rings. The predicted octanol–water partition coefficient (Wildman–Crippen LogP) is 3.11. The summed E-state index contributed by atoms with van der Waals surface area (Å²) in [5.74, 6) is 2.17. The first-order valence-electron chi connectivity index (χ1n) is 7.95. The van der Waals surface area contributed by atoms with Gasteiger partial charge in [-0.15, -0.1) is 11.8 Å². The Hall–Kier alpha value is -1.82. The molecule has 0 aliphatic carbocycles. The lowest BCUT2D eigenvalue weighted by Gasteiger charge is -2.16. The van der Waals surface area contributed by atoms with Gasteiger partial charge >= 0.3 is 0 Å². The summed E-state index contributed by atoms with van der Waals surface area (Å²) in [5, 5.41) is 7.23. The van der Waals surface area contributed by atoms with Crippen LogP contribution in [0.4, 0.5) is 0 Å². The predicted molar refractivity (Wildman–Crippen MR) is 94.2 cm³/mol. The highest BCUT2D eigenvalue weighted by molar-refractivity contribution is 7.99. The molecule has 0 aliphatic heterocycles. The van der Waals surface area contributed by atoms with Crippen molar-refractivity contribution >= 4 is 17.7 Å². The monoisotopic (exact) mass is 332 g/mol. The molecule has 1 atom stereocenters. The number of thioether (sulfide) groups is 1. The van der Waals surface area contributed by atoms with E-state index in [0.717, 1.165) is 24.5 Å². The van der Waals surface area contributed by atoms with Crippen molar-refractivity contribution < 1.29 is 4.79 Å². The van der Waals surface area contributed by atoms with Gasteiger partial charge in [-0.25, -0.2) is 9.67 Å². The van der Waals surface area contributed by atoms with Crippen LogP contribution in [0.1, 0.15) is 43.3 Å². The van der Waals surface area contributed by atoms with Crippen molar-refractivity contribution in [3.63, 3.8) is 0 Å². The van der Waals surface area contributed by atoms with Crippen molar-refractivity contribution in [2.45, 2.75) is 45.5 Å². The van der Waals surface area contributed by atoms with Gasteiger partial charge in [-0.05, 0) is 31.4 Å². The molecular weight excluding hydrogens is 308 g/mol. The van der Waals surface area contributed by atoms with E-state index >= 15 is 0 Å². The van der Waals surface area contributed by atoms with Gasteiger partial charge < -0.3 is 5.32 Å². The lowest BCUT2D eigenvalue weighted by Crippen LogP contribution is -2.31. The standard InChI is InChI=1S/C17H24N4OS/c1-4-15(17-18-12-19-21(17)5-2)20-16(22)11-23-10-14-9-7-6-8-13(14)3/h6-9,12,15H,4-5,10-11H2,1-3H3,(H,20,22). The fraction of sp³-hybridized carbons (Fsp3) is 0.471. The van der Waals surface area contributed by atoms with Crippen LogP contribution in [0.2, 0.25) is 0 Å². The van der Waals surface area contributed by atoms with Gasteiger partial charge in [0.05, 0.1) is 11.8 Å². The molecule has 124 valence electrons. The number of carbonyl (C=O) groups is 1. The molecule has 1 unspecified atom stereocenters. The molecular formula is C17H24N4OS. The maximum Gasteiger partial charge on any atom is 0.230 e. The summed E-state index contributed by atoms with van der Waals surface area (Å²) in [6.07, 6.45) is 2.34. The van der Waals surface area contributed by atoms with E-state index in [0.29, 0.717) is 5.75 Å². The minimum atomic E-state index is -0.0796. The summed E-state index contributed by atoms with van der Waals surface area (Å²) < 4.78 is 1.83. The Morgan fingerprint density at radius 3 is 2.83 bits per heavy atom. The van der Waals surface area contributed by atoms with Crippen LogP contribution in [0.15, 0.2) is 30.6 Å². The molecule has 5 nitrogen and oxygen atoms in total. The SMILES string of the molecule is CCC(NC(=O)CSCc1ccccc1C)c1ncnn1CC. The summed E-state index contributed by atoms with van der Waals surface area (Å²) in [4.78, 5) is 16.5. The molecule has 1 heterocycles. The number of benzene rings is 1. The third-order valence-corrected chi connectivity index (χ3v) is 4.73. The molecule has 23 heavy (non-hydrogen) atoms. The molecule has 1 aromatic carbocycles. The van der Waals surface area contributed by atoms with E-state index in [4.69, 9.17) is 0 Å². The Labute approximate surface area is 141 Å². The Morgan fingerprint density at radius 2 is 2.13 bits per heavy atom. The summed E-state index contributed by atoms with van der Waals surface area (Å²) >= 11 is 1.63. The van der Waals surface area contributed by atoms with Crippen molar-refractivity contribution in [2.75, 3.05) is 5.75 Å². The molecule has 0 saturated heterocycles. The fourth-order valence-corrected chi connectivity index (χ4v) is 3.31. The van der Waals surface area contributed by atoms with Gasteiger partial charge in [0.1, 0.15) is 12.2 Å². The smallest absolute Gasteiger partial charge is 0.230 e. The Bertz CT molecular complexity index is 641. The highest BCUT2D eigenvalue weighted by Crippen LogP contribution is 2.17. The second-order valence-corrected chi connectivity index (χ2v) is 6.37. The van der Waals surface area contributed by atoms with Crippen molar-refractivity contribution in [2.24, 2.45) is 0 Å². The van der Waals surface area contributed by atoms with E-state index in [9.17, 15) is 4.79 Å². The van der Waals surface area contributed by atoms with Crippen molar-refractivity contribution in [1.82, 2.24) is 20.1 Å². The van der Waals surface area contributed by atoms with E-state index in [1.807, 2.05) is 30.7 Å². The van der Waals surface area contributed by atoms with E-state index in [2.05, 4.69) is 34.5 Å². The Morgan fingerprint density at radius 1 is 1.35 bits per heavy atom. The highest BCUT2D eigenvalue weighted by atomic mass is 32.2. The minimum Gasteiger partial charge on any atom is -0.345 e. The average Bonchev–Trinajstić information content (AvgIpc) is 3.03. The fourth-order valence-electron chi connectivity index (χ4n) is 2.40. The summed E-state index contributed by atoms with van der Waals surface area (Å²) in [7, 11) is 0. The molecule has 0 radical (unpaired) electrons. The van der Waals surface area contributed by atoms with Crippen LogP contribution in [0, 0.1) is 6.92 Å². The van der Waals surface area contributed by atoms with Crippen LogP contribution in [0.5, 0.6) is 0 Å². The molecule has 2 aromatic rings. The topological polar surface area (TPSA) is 59.8 Å². The van der Waals surface area contributed by atoms with Gasteiger partial charge in [-0.3, -0.25) is 4.79 Å². The zero-order chi connectivity index (χ0) is 16.7.